The Balaban J connectivity index is 1.39. The standard InChI is InChI=1S/C26H17F3IN5OS/c27-26(28,29)36-19-9-7-18(8-10-19)35-15-31-24-20-11-5-16(13-17(20)6-12-23(24)35)14-32-34-25(37)33-22-4-2-1-3-21(22)30/h1-5,7-15H,6H2,(H,33,37)/b16-14+,34-32?. The Bertz CT molecular complexity index is 1730. The summed E-state index contributed by atoms with van der Waals surface area (Å²) in [5, 5.41) is 15.0. The van der Waals surface area contributed by atoms with Crippen molar-refractivity contribution < 1.29 is 17.9 Å². The Hall–Kier alpha value is -3.58. The highest BCUT2D eigenvalue weighted by Gasteiger charge is 2.31. The molecule has 0 spiro atoms. The van der Waals surface area contributed by atoms with Crippen LogP contribution in [0.3, 0.4) is 0 Å². The minimum absolute atomic E-state index is 0.264. The largest absolute Gasteiger partial charge is 0.573 e. The third-order valence-electron chi connectivity index (χ3n) is 5.52. The number of rotatable bonds is 4. The molecular formula is C26H17F3IN5OS. The van der Waals surface area contributed by atoms with Crippen molar-refractivity contribution in [3.8, 4) is 11.4 Å². The quantitative estimate of drug-likeness (QED) is 0.182. The third-order valence-corrected chi connectivity index (χ3v) is 6.65. The molecule has 1 N–H and O–H groups in total. The number of fused-ring (bicyclic) bond motifs is 2. The normalized spacial score (nSPS) is 13.1. The van der Waals surface area contributed by atoms with Gasteiger partial charge in [-0.05, 0) is 94.5 Å². The zero-order chi connectivity index (χ0) is 26.0. The van der Waals surface area contributed by atoms with Crippen LogP contribution in [0.1, 0.15) is 5.56 Å². The van der Waals surface area contributed by atoms with Crippen molar-refractivity contribution in [2.45, 2.75) is 12.8 Å². The molecule has 0 bridgehead atoms. The average Bonchev–Trinajstić information content (AvgIpc) is 3.29. The van der Waals surface area contributed by atoms with E-state index >= 15 is 0 Å². The third kappa shape index (κ3) is 5.88. The number of ether oxygens (including phenoxy) is 1. The fraction of sp³-hybridized carbons (Fsp3) is 0.0769. The van der Waals surface area contributed by atoms with E-state index in [1.54, 1.807) is 24.7 Å². The molecule has 0 fully saturated rings. The molecule has 6 nitrogen and oxygen atoms in total. The second kappa shape index (κ2) is 10.4. The van der Waals surface area contributed by atoms with Gasteiger partial charge in [-0.1, -0.05) is 30.3 Å². The molecule has 37 heavy (non-hydrogen) atoms. The number of thiocarbonyl (C=S) groups is 1. The fourth-order valence-corrected chi connectivity index (χ4v) is 4.61. The van der Waals surface area contributed by atoms with Gasteiger partial charge in [0.15, 0.2) is 0 Å². The summed E-state index contributed by atoms with van der Waals surface area (Å²) in [5.74, 6) is -0.271. The SMILES string of the molecule is FC(F)(F)Oc1ccc(-n2cnc3c2=CCc2c/c(=C/N=NC(=S)Nc4ccccc4I)ccc2=3)cc1. The molecule has 0 saturated heterocycles. The average molecular weight is 631 g/mol. The van der Waals surface area contributed by atoms with Gasteiger partial charge in [0.2, 0.25) is 5.11 Å². The van der Waals surface area contributed by atoms with Crippen molar-refractivity contribution in [1.82, 2.24) is 9.55 Å². The highest BCUT2D eigenvalue weighted by atomic mass is 127. The van der Waals surface area contributed by atoms with Gasteiger partial charge in [0, 0.05) is 14.5 Å². The topological polar surface area (TPSA) is 63.8 Å². The molecule has 3 aromatic carbocycles. The van der Waals surface area contributed by atoms with Crippen molar-refractivity contribution in [2.75, 3.05) is 5.32 Å². The first-order chi connectivity index (χ1) is 17.8. The van der Waals surface area contributed by atoms with Gasteiger partial charge in [-0.3, -0.25) is 4.57 Å². The number of hydrogen-bond acceptors (Lipinski definition) is 4. The van der Waals surface area contributed by atoms with E-state index in [4.69, 9.17) is 12.2 Å². The summed E-state index contributed by atoms with van der Waals surface area (Å²) in [6.45, 7) is 0. The zero-order valence-electron chi connectivity index (χ0n) is 18.9. The number of alkyl halides is 3. The van der Waals surface area contributed by atoms with Crippen LogP contribution in [0.5, 0.6) is 5.75 Å². The van der Waals surface area contributed by atoms with Crippen molar-refractivity contribution in [1.29, 1.82) is 0 Å². The van der Waals surface area contributed by atoms with E-state index in [1.165, 1.54) is 12.1 Å². The molecule has 0 saturated carbocycles. The van der Waals surface area contributed by atoms with Crippen LogP contribution in [0, 0.1) is 14.1 Å². The fourth-order valence-electron chi connectivity index (χ4n) is 3.93. The van der Waals surface area contributed by atoms with E-state index in [-0.39, 0.29) is 10.9 Å². The minimum atomic E-state index is -4.73. The van der Waals surface area contributed by atoms with Crippen molar-refractivity contribution in [2.24, 2.45) is 10.2 Å². The highest BCUT2D eigenvalue weighted by Crippen LogP contribution is 2.23. The van der Waals surface area contributed by atoms with Gasteiger partial charge in [-0.25, -0.2) is 4.98 Å². The first-order valence-corrected chi connectivity index (χ1v) is 12.5. The van der Waals surface area contributed by atoms with Crippen LogP contribution in [0.15, 0.2) is 83.3 Å². The second-order valence-electron chi connectivity index (χ2n) is 7.97. The zero-order valence-corrected chi connectivity index (χ0v) is 21.9. The Kier molecular flexibility index (Phi) is 7.07. The van der Waals surface area contributed by atoms with Crippen molar-refractivity contribution >= 4 is 57.9 Å². The van der Waals surface area contributed by atoms with Crippen LogP contribution in [0.25, 0.3) is 18.0 Å². The van der Waals surface area contributed by atoms with Gasteiger partial charge >= 0.3 is 6.36 Å². The van der Waals surface area contributed by atoms with Gasteiger partial charge in [0.25, 0.3) is 0 Å². The number of nitrogens with one attached hydrogen (secondary N) is 1. The Morgan fingerprint density at radius 1 is 1.11 bits per heavy atom. The molecule has 0 amide bonds. The number of hydrogen-bond donors (Lipinski definition) is 1. The number of anilines is 1. The lowest BCUT2D eigenvalue weighted by molar-refractivity contribution is -0.274. The molecule has 0 aliphatic heterocycles. The van der Waals surface area contributed by atoms with Crippen LogP contribution in [-0.4, -0.2) is 21.0 Å². The minimum Gasteiger partial charge on any atom is -0.406 e. The monoisotopic (exact) mass is 631 g/mol. The van der Waals surface area contributed by atoms with Gasteiger partial charge in [0.05, 0.1) is 22.6 Å². The lowest BCUT2D eigenvalue weighted by Crippen LogP contribution is -2.19. The molecule has 0 radical (unpaired) electrons. The van der Waals surface area contributed by atoms with Gasteiger partial charge in [-0.15, -0.1) is 18.3 Å². The number of aromatic nitrogens is 2. The number of imidazole rings is 1. The van der Waals surface area contributed by atoms with Crippen molar-refractivity contribution in [3.63, 3.8) is 0 Å². The highest BCUT2D eigenvalue weighted by molar-refractivity contribution is 14.1. The summed E-state index contributed by atoms with van der Waals surface area (Å²) in [5.41, 5.74) is 2.63. The van der Waals surface area contributed by atoms with Gasteiger partial charge in [0.1, 0.15) is 12.1 Å². The predicted molar refractivity (Wildman–Crippen MR) is 146 cm³/mol. The molecule has 11 heteroatoms. The Labute approximate surface area is 227 Å². The molecule has 5 rings (SSSR count). The Morgan fingerprint density at radius 3 is 2.65 bits per heavy atom. The summed E-state index contributed by atoms with van der Waals surface area (Å²) in [7, 11) is 0. The molecule has 1 heterocycles. The molecule has 1 aliphatic carbocycles. The maximum absolute atomic E-state index is 12.4. The van der Waals surface area contributed by atoms with Crippen LogP contribution < -0.4 is 20.6 Å². The maximum Gasteiger partial charge on any atom is 0.573 e. The number of halogens is 4. The van der Waals surface area contributed by atoms with Crippen molar-refractivity contribution in [3.05, 3.63) is 103 Å². The van der Waals surface area contributed by atoms with E-state index in [1.807, 2.05) is 53.1 Å². The Morgan fingerprint density at radius 2 is 1.89 bits per heavy atom. The molecular weight excluding hydrogens is 614 g/mol. The van der Waals surface area contributed by atoms with Crippen LogP contribution >= 0.6 is 34.8 Å². The molecule has 0 atom stereocenters. The lowest BCUT2D eigenvalue weighted by Gasteiger charge is -2.10. The number of benzene rings is 3. The lowest BCUT2D eigenvalue weighted by atomic mass is 10.0. The van der Waals surface area contributed by atoms with E-state index in [2.05, 4.69) is 47.9 Å². The van der Waals surface area contributed by atoms with E-state index < -0.39 is 6.36 Å². The summed E-state index contributed by atoms with van der Waals surface area (Å²) >= 11 is 7.47. The molecule has 186 valence electrons. The second-order valence-corrected chi connectivity index (χ2v) is 9.52. The first-order valence-electron chi connectivity index (χ1n) is 11.0. The molecule has 0 unspecified atom stereocenters. The van der Waals surface area contributed by atoms with E-state index in [9.17, 15) is 13.2 Å². The molecule has 1 aromatic heterocycles. The van der Waals surface area contributed by atoms with Crippen LogP contribution in [-0.2, 0) is 6.42 Å². The molecule has 4 aromatic rings. The van der Waals surface area contributed by atoms with Crippen LogP contribution in [0.4, 0.5) is 18.9 Å². The van der Waals surface area contributed by atoms with E-state index in [0.717, 1.165) is 36.0 Å². The number of nitrogens with zero attached hydrogens (tertiary/aromatic N) is 4. The first kappa shape index (κ1) is 25.1. The number of azo groups is 1. The van der Waals surface area contributed by atoms with Gasteiger partial charge in [-0.2, -0.15) is 5.11 Å². The van der Waals surface area contributed by atoms with Crippen LogP contribution in [0.2, 0.25) is 0 Å². The predicted octanol–water partition coefficient (Wildman–Crippen LogP) is 5.59. The van der Waals surface area contributed by atoms with E-state index in [0.29, 0.717) is 12.1 Å². The summed E-state index contributed by atoms with van der Waals surface area (Å²) in [4.78, 5) is 4.56. The smallest absolute Gasteiger partial charge is 0.406 e. The van der Waals surface area contributed by atoms with Gasteiger partial charge < -0.3 is 10.1 Å². The summed E-state index contributed by atoms with van der Waals surface area (Å²) in [6.07, 6.45) is 1.27. The number of para-hydroxylation sites is 1. The molecule has 1 aliphatic rings. The maximum atomic E-state index is 12.4. The summed E-state index contributed by atoms with van der Waals surface area (Å²) in [6, 6.07) is 19.4. The summed E-state index contributed by atoms with van der Waals surface area (Å²) < 4.78 is 44.2.